The first kappa shape index (κ1) is 12.2. The Morgan fingerprint density at radius 1 is 1.47 bits per heavy atom. The number of hydrogen-bond acceptors (Lipinski definition) is 4. The summed E-state index contributed by atoms with van der Waals surface area (Å²) in [6.07, 6.45) is 0. The summed E-state index contributed by atoms with van der Waals surface area (Å²) < 4.78 is 4.95. The van der Waals surface area contributed by atoms with Crippen LogP contribution in [0.5, 0.6) is 0 Å². The largest absolute Gasteiger partial charge is 0.461 e. The summed E-state index contributed by atoms with van der Waals surface area (Å²) in [5.41, 5.74) is 0.0700. The lowest BCUT2D eigenvalue weighted by Crippen LogP contribution is -2.12. The van der Waals surface area contributed by atoms with E-state index in [1.807, 2.05) is 13.8 Å². The molecule has 0 aliphatic rings. The molecule has 0 saturated carbocycles. The van der Waals surface area contributed by atoms with Crippen molar-refractivity contribution in [2.75, 3.05) is 6.61 Å². The molecule has 0 saturated heterocycles. The highest BCUT2D eigenvalue weighted by atomic mass is 35.5. The number of ether oxygens (including phenoxy) is 1. The molecule has 0 unspecified atom stereocenters. The number of hydrogen-bond donors (Lipinski definition) is 0. The molecular weight excluding hydrogens is 239 g/mol. The van der Waals surface area contributed by atoms with E-state index in [9.17, 15) is 4.79 Å². The minimum absolute atomic E-state index is 0.0700. The third kappa shape index (κ3) is 4.01. The molecule has 1 rings (SSSR count). The maximum absolute atomic E-state index is 11.4. The molecule has 0 aliphatic heterocycles. The Morgan fingerprint density at radius 3 is 2.67 bits per heavy atom. The predicted molar refractivity (Wildman–Crippen MR) is 57.2 cm³/mol. The van der Waals surface area contributed by atoms with Crippen LogP contribution in [-0.2, 0) is 4.74 Å². The van der Waals surface area contributed by atoms with Gasteiger partial charge >= 0.3 is 5.97 Å². The van der Waals surface area contributed by atoms with Crippen LogP contribution >= 0.6 is 23.2 Å². The van der Waals surface area contributed by atoms with Crippen molar-refractivity contribution in [3.8, 4) is 0 Å². The van der Waals surface area contributed by atoms with Gasteiger partial charge in [0.25, 0.3) is 0 Å². The molecule has 0 radical (unpaired) electrons. The van der Waals surface area contributed by atoms with Crippen LogP contribution in [0, 0.1) is 5.92 Å². The molecule has 0 spiro atoms. The summed E-state index contributed by atoms with van der Waals surface area (Å²) >= 11 is 11.2. The van der Waals surface area contributed by atoms with Gasteiger partial charge in [-0.1, -0.05) is 25.4 Å². The van der Waals surface area contributed by atoms with E-state index < -0.39 is 5.97 Å². The molecule has 0 bridgehead atoms. The molecule has 1 aromatic rings. The summed E-state index contributed by atoms with van der Waals surface area (Å²) in [4.78, 5) is 18.8. The molecular formula is C9H10Cl2N2O2. The van der Waals surface area contributed by atoms with Crippen LogP contribution in [0.25, 0.3) is 0 Å². The smallest absolute Gasteiger partial charge is 0.357 e. The minimum Gasteiger partial charge on any atom is -0.461 e. The van der Waals surface area contributed by atoms with Crippen LogP contribution in [0.15, 0.2) is 6.07 Å². The van der Waals surface area contributed by atoms with Gasteiger partial charge in [0.05, 0.1) is 6.61 Å². The number of rotatable bonds is 3. The highest BCUT2D eigenvalue weighted by Crippen LogP contribution is 2.11. The molecule has 6 heteroatoms. The maximum atomic E-state index is 11.4. The van der Waals surface area contributed by atoms with E-state index in [1.54, 1.807) is 0 Å². The topological polar surface area (TPSA) is 52.1 Å². The maximum Gasteiger partial charge on any atom is 0.357 e. The molecule has 1 heterocycles. The number of carbonyl (C=O) groups is 1. The molecule has 0 atom stereocenters. The standard InChI is InChI=1S/C9H10Cl2N2O2/c1-5(2)4-15-8(14)6-3-7(10)13-9(11)12-6/h3,5H,4H2,1-2H3. The fraction of sp³-hybridized carbons (Fsp3) is 0.444. The third-order valence-corrected chi connectivity index (χ3v) is 1.79. The second-order valence-electron chi connectivity index (χ2n) is 3.34. The molecule has 0 amide bonds. The van der Waals surface area contributed by atoms with Crippen molar-refractivity contribution in [1.82, 2.24) is 9.97 Å². The van der Waals surface area contributed by atoms with Gasteiger partial charge in [-0.2, -0.15) is 0 Å². The number of esters is 1. The zero-order chi connectivity index (χ0) is 11.4. The van der Waals surface area contributed by atoms with Crippen molar-refractivity contribution >= 4 is 29.2 Å². The zero-order valence-electron chi connectivity index (χ0n) is 8.33. The molecule has 0 fully saturated rings. The number of halogens is 2. The van der Waals surface area contributed by atoms with E-state index in [0.29, 0.717) is 6.61 Å². The quantitative estimate of drug-likeness (QED) is 0.469. The fourth-order valence-corrected chi connectivity index (χ4v) is 1.22. The number of carbonyl (C=O) groups excluding carboxylic acids is 1. The molecule has 0 N–H and O–H groups in total. The average molecular weight is 249 g/mol. The second-order valence-corrected chi connectivity index (χ2v) is 4.06. The van der Waals surface area contributed by atoms with Crippen molar-refractivity contribution < 1.29 is 9.53 Å². The van der Waals surface area contributed by atoms with Gasteiger partial charge in [0.15, 0.2) is 5.69 Å². The van der Waals surface area contributed by atoms with Crippen LogP contribution in [0.1, 0.15) is 24.3 Å². The highest BCUT2D eigenvalue weighted by molar-refractivity contribution is 6.32. The van der Waals surface area contributed by atoms with Crippen LogP contribution in [0.2, 0.25) is 10.4 Å². The Hall–Kier alpha value is -0.870. The Bertz CT molecular complexity index is 349. The van der Waals surface area contributed by atoms with Crippen molar-refractivity contribution in [2.24, 2.45) is 5.92 Å². The Kier molecular flexibility index (Phi) is 4.29. The van der Waals surface area contributed by atoms with Crippen molar-refractivity contribution in [3.63, 3.8) is 0 Å². The van der Waals surface area contributed by atoms with E-state index in [1.165, 1.54) is 6.07 Å². The van der Waals surface area contributed by atoms with Crippen LogP contribution in [0.4, 0.5) is 0 Å². The van der Waals surface area contributed by atoms with E-state index in [-0.39, 0.29) is 22.0 Å². The minimum atomic E-state index is -0.546. The Balaban J connectivity index is 2.73. The van der Waals surface area contributed by atoms with Crippen LogP contribution < -0.4 is 0 Å². The van der Waals surface area contributed by atoms with Gasteiger partial charge in [-0.3, -0.25) is 0 Å². The van der Waals surface area contributed by atoms with Crippen molar-refractivity contribution in [3.05, 3.63) is 22.2 Å². The Labute approximate surface area is 97.6 Å². The van der Waals surface area contributed by atoms with E-state index in [2.05, 4.69) is 9.97 Å². The lowest BCUT2D eigenvalue weighted by atomic mass is 10.2. The summed E-state index contributed by atoms with van der Waals surface area (Å²) in [6, 6.07) is 1.32. The normalized spacial score (nSPS) is 10.5. The molecule has 15 heavy (non-hydrogen) atoms. The van der Waals surface area contributed by atoms with E-state index in [4.69, 9.17) is 27.9 Å². The van der Waals surface area contributed by atoms with Crippen LogP contribution in [0.3, 0.4) is 0 Å². The summed E-state index contributed by atoms with van der Waals surface area (Å²) in [5, 5.41) is 0.0468. The van der Waals surface area contributed by atoms with Gasteiger partial charge in [0.2, 0.25) is 5.28 Å². The summed E-state index contributed by atoms with van der Waals surface area (Å²) in [7, 11) is 0. The van der Waals surface area contributed by atoms with Gasteiger partial charge in [0.1, 0.15) is 5.15 Å². The van der Waals surface area contributed by atoms with Gasteiger partial charge in [-0.25, -0.2) is 14.8 Å². The summed E-state index contributed by atoms with van der Waals surface area (Å²) in [5.74, 6) is -0.281. The first-order valence-electron chi connectivity index (χ1n) is 4.36. The van der Waals surface area contributed by atoms with E-state index >= 15 is 0 Å². The zero-order valence-corrected chi connectivity index (χ0v) is 9.84. The van der Waals surface area contributed by atoms with Crippen molar-refractivity contribution in [2.45, 2.75) is 13.8 Å². The lowest BCUT2D eigenvalue weighted by molar-refractivity contribution is 0.0452. The Morgan fingerprint density at radius 2 is 2.13 bits per heavy atom. The molecule has 1 aromatic heterocycles. The lowest BCUT2D eigenvalue weighted by Gasteiger charge is -2.06. The highest BCUT2D eigenvalue weighted by Gasteiger charge is 2.12. The predicted octanol–water partition coefficient (Wildman–Crippen LogP) is 2.60. The third-order valence-electron chi connectivity index (χ3n) is 1.42. The summed E-state index contributed by atoms with van der Waals surface area (Å²) in [6.45, 7) is 4.21. The van der Waals surface area contributed by atoms with Gasteiger partial charge in [-0.15, -0.1) is 0 Å². The molecule has 0 aliphatic carbocycles. The first-order valence-corrected chi connectivity index (χ1v) is 5.12. The van der Waals surface area contributed by atoms with Gasteiger partial charge in [-0.05, 0) is 17.5 Å². The van der Waals surface area contributed by atoms with Crippen LogP contribution in [-0.4, -0.2) is 22.5 Å². The first-order chi connectivity index (χ1) is 6.99. The number of nitrogens with zero attached hydrogens (tertiary/aromatic N) is 2. The fourth-order valence-electron chi connectivity index (χ4n) is 0.811. The van der Waals surface area contributed by atoms with E-state index in [0.717, 1.165) is 0 Å². The molecule has 0 aromatic carbocycles. The SMILES string of the molecule is CC(C)COC(=O)c1cc(Cl)nc(Cl)n1. The molecule has 82 valence electrons. The van der Waals surface area contributed by atoms with Crippen molar-refractivity contribution in [1.29, 1.82) is 0 Å². The molecule has 4 nitrogen and oxygen atoms in total. The number of aromatic nitrogens is 2. The second kappa shape index (κ2) is 5.28. The average Bonchev–Trinajstić information content (AvgIpc) is 2.12. The van der Waals surface area contributed by atoms with Gasteiger partial charge < -0.3 is 4.74 Å². The van der Waals surface area contributed by atoms with Gasteiger partial charge in [0, 0.05) is 6.07 Å². The monoisotopic (exact) mass is 248 g/mol.